The molecular formula is C26H36N2O4. The minimum absolute atomic E-state index is 0.0879. The molecule has 32 heavy (non-hydrogen) atoms. The molecule has 2 N–H and O–H groups in total. The van der Waals surface area contributed by atoms with E-state index in [1.807, 2.05) is 60.7 Å². The van der Waals surface area contributed by atoms with Crippen molar-refractivity contribution in [2.75, 3.05) is 13.1 Å². The molecule has 2 amide bonds. The number of carbonyl (C=O) groups is 2. The summed E-state index contributed by atoms with van der Waals surface area (Å²) < 4.78 is 11.2. The van der Waals surface area contributed by atoms with Gasteiger partial charge < -0.3 is 20.1 Å². The van der Waals surface area contributed by atoms with Crippen molar-refractivity contribution in [1.82, 2.24) is 10.6 Å². The molecule has 0 radical (unpaired) electrons. The zero-order valence-electron chi connectivity index (χ0n) is 19.2. The van der Waals surface area contributed by atoms with Gasteiger partial charge in [-0.2, -0.15) is 0 Å². The highest BCUT2D eigenvalue weighted by Crippen LogP contribution is 2.12. The summed E-state index contributed by atoms with van der Waals surface area (Å²) in [7, 11) is 0. The number of nitrogens with one attached hydrogen (secondary N) is 2. The highest BCUT2D eigenvalue weighted by molar-refractivity contribution is 5.81. The summed E-state index contributed by atoms with van der Waals surface area (Å²) in [6.45, 7) is 4.85. The average molecular weight is 441 g/mol. The number of para-hydroxylation sites is 2. The number of carbonyl (C=O) groups excluding carboxylic acids is 2. The van der Waals surface area contributed by atoms with Gasteiger partial charge in [-0.25, -0.2) is 0 Å². The number of amides is 2. The van der Waals surface area contributed by atoms with E-state index in [4.69, 9.17) is 9.47 Å². The molecule has 6 nitrogen and oxygen atoms in total. The number of hydrogen-bond acceptors (Lipinski definition) is 4. The molecule has 0 aliphatic heterocycles. The van der Waals surface area contributed by atoms with Crippen LogP contribution in [0, 0.1) is 0 Å². The second-order valence-corrected chi connectivity index (χ2v) is 7.85. The normalized spacial score (nSPS) is 12.4. The molecule has 2 unspecified atom stereocenters. The van der Waals surface area contributed by atoms with E-state index in [0.717, 1.165) is 38.5 Å². The van der Waals surface area contributed by atoms with E-state index < -0.39 is 12.2 Å². The van der Waals surface area contributed by atoms with Crippen LogP contribution in [0.2, 0.25) is 0 Å². The SMILES string of the molecule is CC(Oc1ccccc1)C(=O)NCCCCCCCCNC(=O)C(C)Oc1ccccc1. The molecule has 0 bridgehead atoms. The summed E-state index contributed by atoms with van der Waals surface area (Å²) in [6, 6.07) is 18.7. The van der Waals surface area contributed by atoms with Crippen LogP contribution in [0.3, 0.4) is 0 Å². The fourth-order valence-corrected chi connectivity index (χ4v) is 3.18. The molecule has 6 heteroatoms. The molecule has 0 spiro atoms. The summed E-state index contributed by atoms with van der Waals surface area (Å²) in [5.74, 6) is 1.22. The minimum atomic E-state index is -0.506. The zero-order valence-corrected chi connectivity index (χ0v) is 19.2. The number of unbranched alkanes of at least 4 members (excludes halogenated alkanes) is 5. The largest absolute Gasteiger partial charge is 0.481 e. The third-order valence-electron chi connectivity index (χ3n) is 5.05. The summed E-state index contributed by atoms with van der Waals surface area (Å²) in [5, 5.41) is 5.86. The van der Waals surface area contributed by atoms with Crippen molar-refractivity contribution >= 4 is 11.8 Å². The molecule has 2 rings (SSSR count). The third kappa shape index (κ3) is 10.3. The highest BCUT2D eigenvalue weighted by Gasteiger charge is 2.14. The summed E-state index contributed by atoms with van der Waals surface area (Å²) in [4.78, 5) is 24.2. The van der Waals surface area contributed by atoms with Crippen LogP contribution in [0.5, 0.6) is 11.5 Å². The van der Waals surface area contributed by atoms with Crippen molar-refractivity contribution in [2.24, 2.45) is 0 Å². The first kappa shape index (κ1) is 25.2. The lowest BCUT2D eigenvalue weighted by Crippen LogP contribution is -2.36. The molecule has 2 aromatic carbocycles. The van der Waals surface area contributed by atoms with E-state index in [1.165, 1.54) is 0 Å². The van der Waals surface area contributed by atoms with Crippen LogP contribution in [0.15, 0.2) is 60.7 Å². The van der Waals surface area contributed by atoms with Gasteiger partial charge in [0.05, 0.1) is 0 Å². The van der Waals surface area contributed by atoms with Crippen LogP contribution in [-0.4, -0.2) is 37.1 Å². The Balaban J connectivity index is 1.42. The van der Waals surface area contributed by atoms with E-state index in [9.17, 15) is 9.59 Å². The van der Waals surface area contributed by atoms with Gasteiger partial charge >= 0.3 is 0 Å². The Morgan fingerprint density at radius 3 is 1.34 bits per heavy atom. The van der Waals surface area contributed by atoms with Gasteiger partial charge in [0.15, 0.2) is 12.2 Å². The van der Waals surface area contributed by atoms with Crippen molar-refractivity contribution in [2.45, 2.75) is 64.6 Å². The molecule has 0 heterocycles. The van der Waals surface area contributed by atoms with Crippen molar-refractivity contribution in [3.05, 3.63) is 60.7 Å². The molecule has 0 saturated heterocycles. The Morgan fingerprint density at radius 2 is 0.969 bits per heavy atom. The molecule has 0 saturated carbocycles. The molecule has 0 aliphatic rings. The lowest BCUT2D eigenvalue weighted by atomic mass is 10.1. The van der Waals surface area contributed by atoms with E-state index >= 15 is 0 Å². The average Bonchev–Trinajstić information content (AvgIpc) is 2.81. The van der Waals surface area contributed by atoms with Gasteiger partial charge in [0.1, 0.15) is 11.5 Å². The van der Waals surface area contributed by atoms with E-state index in [2.05, 4.69) is 10.6 Å². The van der Waals surface area contributed by atoms with Gasteiger partial charge in [-0.1, -0.05) is 62.1 Å². The van der Waals surface area contributed by atoms with Crippen molar-refractivity contribution < 1.29 is 19.1 Å². The number of hydrogen-bond donors (Lipinski definition) is 2. The first-order valence-electron chi connectivity index (χ1n) is 11.5. The maximum absolute atomic E-state index is 12.1. The summed E-state index contributed by atoms with van der Waals surface area (Å²) in [5.41, 5.74) is 0. The van der Waals surface area contributed by atoms with Gasteiger partial charge in [-0.3, -0.25) is 9.59 Å². The van der Waals surface area contributed by atoms with Crippen molar-refractivity contribution in [3.63, 3.8) is 0 Å². The monoisotopic (exact) mass is 440 g/mol. The summed E-state index contributed by atoms with van der Waals surface area (Å²) in [6.07, 6.45) is 5.28. The fourth-order valence-electron chi connectivity index (χ4n) is 3.18. The Bertz CT molecular complexity index is 715. The van der Waals surface area contributed by atoms with Gasteiger partial charge in [0.2, 0.25) is 0 Å². The van der Waals surface area contributed by atoms with Crippen LogP contribution >= 0.6 is 0 Å². The van der Waals surface area contributed by atoms with Gasteiger partial charge in [0, 0.05) is 13.1 Å². The zero-order chi connectivity index (χ0) is 23.0. The summed E-state index contributed by atoms with van der Waals surface area (Å²) >= 11 is 0. The molecule has 0 aliphatic carbocycles. The van der Waals surface area contributed by atoms with E-state index in [1.54, 1.807) is 13.8 Å². The lowest BCUT2D eigenvalue weighted by molar-refractivity contribution is -0.127. The Hall–Kier alpha value is -3.02. The van der Waals surface area contributed by atoms with E-state index in [0.29, 0.717) is 24.6 Å². The predicted octanol–water partition coefficient (Wildman–Crippen LogP) is 4.49. The van der Waals surface area contributed by atoms with Crippen LogP contribution < -0.4 is 20.1 Å². The van der Waals surface area contributed by atoms with Gasteiger partial charge in [-0.05, 0) is 51.0 Å². The first-order chi connectivity index (χ1) is 15.6. The number of benzene rings is 2. The molecule has 174 valence electrons. The van der Waals surface area contributed by atoms with Crippen LogP contribution in [0.25, 0.3) is 0 Å². The Labute approximate surface area is 191 Å². The molecular weight excluding hydrogens is 404 g/mol. The van der Waals surface area contributed by atoms with Gasteiger partial charge in [0.25, 0.3) is 11.8 Å². The smallest absolute Gasteiger partial charge is 0.260 e. The van der Waals surface area contributed by atoms with Crippen LogP contribution in [0.4, 0.5) is 0 Å². The maximum Gasteiger partial charge on any atom is 0.260 e. The van der Waals surface area contributed by atoms with E-state index in [-0.39, 0.29) is 11.8 Å². The number of ether oxygens (including phenoxy) is 2. The number of rotatable bonds is 15. The van der Waals surface area contributed by atoms with Crippen molar-refractivity contribution in [1.29, 1.82) is 0 Å². The van der Waals surface area contributed by atoms with Crippen LogP contribution in [0.1, 0.15) is 52.4 Å². The molecule has 0 fully saturated rings. The minimum Gasteiger partial charge on any atom is -0.481 e. The molecule has 0 aromatic heterocycles. The van der Waals surface area contributed by atoms with Gasteiger partial charge in [-0.15, -0.1) is 0 Å². The maximum atomic E-state index is 12.1. The fraction of sp³-hybridized carbons (Fsp3) is 0.462. The highest BCUT2D eigenvalue weighted by atomic mass is 16.5. The predicted molar refractivity (Wildman–Crippen MR) is 127 cm³/mol. The quantitative estimate of drug-likeness (QED) is 0.400. The lowest BCUT2D eigenvalue weighted by Gasteiger charge is -2.15. The first-order valence-corrected chi connectivity index (χ1v) is 11.5. The molecule has 2 atom stereocenters. The standard InChI is InChI=1S/C26H36N2O4/c1-21(31-23-15-9-7-10-16-23)25(29)27-19-13-5-3-4-6-14-20-28-26(30)22(2)32-24-17-11-8-12-18-24/h7-12,15-18,21-22H,3-6,13-14,19-20H2,1-2H3,(H,27,29)(H,28,30). The topological polar surface area (TPSA) is 76.7 Å². The second kappa shape index (κ2) is 14.9. The Kier molecular flexibility index (Phi) is 11.7. The molecule has 2 aromatic rings. The van der Waals surface area contributed by atoms with Crippen molar-refractivity contribution in [3.8, 4) is 11.5 Å². The second-order valence-electron chi connectivity index (χ2n) is 7.85. The van der Waals surface area contributed by atoms with Crippen LogP contribution in [-0.2, 0) is 9.59 Å². The Morgan fingerprint density at radius 1 is 0.625 bits per heavy atom. The third-order valence-corrected chi connectivity index (χ3v) is 5.05.